The third kappa shape index (κ3) is 6.17. The Morgan fingerprint density at radius 2 is 1.72 bits per heavy atom. The molecule has 1 atom stereocenters. The summed E-state index contributed by atoms with van der Waals surface area (Å²) >= 11 is 0. The maximum atomic E-state index is 15.2. The molecule has 0 saturated carbocycles. The predicted molar refractivity (Wildman–Crippen MR) is 165 cm³/mol. The van der Waals surface area contributed by atoms with E-state index in [2.05, 4.69) is 10.00 Å². The van der Waals surface area contributed by atoms with E-state index < -0.39 is 39.9 Å². The fraction of sp³-hybridized carbons (Fsp3) is 0.324. The summed E-state index contributed by atoms with van der Waals surface area (Å²) in [5, 5.41) is 14.0. The van der Waals surface area contributed by atoms with Crippen molar-refractivity contribution in [1.82, 2.24) is 19.6 Å². The molecule has 0 radical (unpaired) electrons. The van der Waals surface area contributed by atoms with Crippen LogP contribution in [0, 0.1) is 17.1 Å². The highest BCUT2D eigenvalue weighted by atomic mass is 32.2. The Hall–Kier alpha value is -4.47. The molecule has 1 aromatic heterocycles. The first kappa shape index (κ1) is 31.5. The summed E-state index contributed by atoms with van der Waals surface area (Å²) in [7, 11) is -3.65. The molecule has 3 aromatic carbocycles. The molecule has 4 aromatic rings. The minimum atomic E-state index is -3.65. The third-order valence-electron chi connectivity index (χ3n) is 8.87. The van der Waals surface area contributed by atoms with Gasteiger partial charge in [-0.2, -0.15) is 10.4 Å². The summed E-state index contributed by atoms with van der Waals surface area (Å²) in [6.45, 7) is 0.558. The van der Waals surface area contributed by atoms with Gasteiger partial charge in [0.05, 0.1) is 46.1 Å². The Bertz CT molecular complexity index is 1900. The first-order valence-corrected chi connectivity index (χ1v) is 16.9. The molecule has 0 bridgehead atoms. The van der Waals surface area contributed by atoms with Gasteiger partial charge in [0.1, 0.15) is 11.9 Å². The molecule has 0 spiro atoms. The summed E-state index contributed by atoms with van der Waals surface area (Å²) in [4.78, 5) is 17.3. The maximum Gasteiger partial charge on any atom is 0.273 e. The number of halogens is 3. The van der Waals surface area contributed by atoms with Gasteiger partial charge in [-0.15, -0.1) is 0 Å². The number of carbonyl (C=O) groups excluding carboxylic acids is 1. The van der Waals surface area contributed by atoms with Crippen molar-refractivity contribution in [2.75, 3.05) is 32.4 Å². The minimum absolute atomic E-state index is 0.0260. The summed E-state index contributed by atoms with van der Waals surface area (Å²) in [6, 6.07) is 21.0. The van der Waals surface area contributed by atoms with E-state index in [1.165, 1.54) is 29.3 Å². The number of amides is 1. The molecule has 6 rings (SSSR count). The second kappa shape index (κ2) is 12.4. The van der Waals surface area contributed by atoms with E-state index in [1.54, 1.807) is 59.3 Å². The quantitative estimate of drug-likeness (QED) is 0.261. The summed E-state index contributed by atoms with van der Waals surface area (Å²) in [6.07, 6.45) is 3.64. The van der Waals surface area contributed by atoms with E-state index in [9.17, 15) is 22.9 Å². The second-order valence-electron chi connectivity index (χ2n) is 12.0. The number of benzene rings is 3. The zero-order valence-corrected chi connectivity index (χ0v) is 25.9. The molecule has 12 heteroatoms. The zero-order chi connectivity index (χ0) is 32.6. The number of nitriles is 1. The van der Waals surface area contributed by atoms with Crippen molar-refractivity contribution in [3.8, 4) is 11.8 Å². The van der Waals surface area contributed by atoms with Gasteiger partial charge in [0, 0.05) is 25.3 Å². The van der Waals surface area contributed by atoms with Crippen LogP contribution in [0.3, 0.4) is 0 Å². The van der Waals surface area contributed by atoms with E-state index in [0.29, 0.717) is 55.0 Å². The van der Waals surface area contributed by atoms with E-state index in [-0.39, 0.29) is 28.5 Å². The fourth-order valence-electron chi connectivity index (χ4n) is 6.69. The topological polar surface area (TPSA) is 99.3 Å². The van der Waals surface area contributed by atoms with Gasteiger partial charge in [-0.3, -0.25) is 9.69 Å². The van der Waals surface area contributed by atoms with Gasteiger partial charge < -0.3 is 4.90 Å². The number of piperidine rings is 1. The lowest BCUT2D eigenvalue weighted by Crippen LogP contribution is -2.35. The molecule has 46 heavy (non-hydrogen) atoms. The minimum Gasteiger partial charge on any atom is -0.332 e. The molecule has 8 nitrogen and oxygen atoms in total. The van der Waals surface area contributed by atoms with Crippen molar-refractivity contribution >= 4 is 15.7 Å². The molecule has 238 valence electrons. The van der Waals surface area contributed by atoms with E-state index in [0.717, 1.165) is 6.26 Å². The fourth-order valence-corrected chi connectivity index (χ4v) is 7.81. The normalized spacial score (nSPS) is 18.8. The average Bonchev–Trinajstić information content (AvgIpc) is 3.62. The van der Waals surface area contributed by atoms with Crippen LogP contribution in [0.25, 0.3) is 5.69 Å². The van der Waals surface area contributed by atoms with Crippen molar-refractivity contribution in [1.29, 1.82) is 5.26 Å². The molecule has 2 saturated heterocycles. The van der Waals surface area contributed by atoms with Crippen LogP contribution in [0.2, 0.25) is 0 Å². The van der Waals surface area contributed by atoms with Crippen LogP contribution in [-0.2, 0) is 16.4 Å². The lowest BCUT2D eigenvalue weighted by atomic mass is 9.90. The van der Waals surface area contributed by atoms with Crippen LogP contribution in [0.4, 0.5) is 13.2 Å². The SMILES string of the molecule is CS(=O)(=O)c1c(C#N)cccc1CN1CCC(c2c(C(=O)N3CC(c4ccccc4)C(F)(F)C3)cnn2-c2ccc(F)cc2)CC1. The zero-order valence-electron chi connectivity index (χ0n) is 25.1. The van der Waals surface area contributed by atoms with Gasteiger partial charge in [-0.25, -0.2) is 26.3 Å². The standard InChI is InChI=1S/C34H32F3N5O3S/c1-46(44,45)32-25(18-38)8-5-9-26(32)20-40-16-14-24(15-17-40)31-29(19-39-42(31)28-12-10-27(35)11-13-28)33(43)41-21-30(34(36,37)22-41)23-6-3-2-4-7-23/h2-13,19,24,30H,14-17,20-22H2,1H3. The molecule has 1 amide bonds. The number of carbonyl (C=O) groups is 1. The lowest BCUT2D eigenvalue weighted by molar-refractivity contribution is -0.00244. The van der Waals surface area contributed by atoms with Crippen molar-refractivity contribution in [2.24, 2.45) is 0 Å². The van der Waals surface area contributed by atoms with E-state index in [4.69, 9.17) is 0 Å². The van der Waals surface area contributed by atoms with Crippen molar-refractivity contribution in [2.45, 2.75) is 42.0 Å². The average molecular weight is 648 g/mol. The Morgan fingerprint density at radius 1 is 1.02 bits per heavy atom. The number of nitrogens with zero attached hydrogens (tertiary/aromatic N) is 5. The lowest BCUT2D eigenvalue weighted by Gasteiger charge is -2.33. The van der Waals surface area contributed by atoms with Crippen molar-refractivity contribution in [3.63, 3.8) is 0 Å². The maximum absolute atomic E-state index is 15.2. The highest BCUT2D eigenvalue weighted by Crippen LogP contribution is 2.42. The largest absolute Gasteiger partial charge is 0.332 e. The highest BCUT2D eigenvalue weighted by molar-refractivity contribution is 7.90. The van der Waals surface area contributed by atoms with Crippen molar-refractivity contribution < 1.29 is 26.4 Å². The van der Waals surface area contributed by atoms with Gasteiger partial charge in [0.15, 0.2) is 9.84 Å². The Balaban J connectivity index is 1.27. The van der Waals surface area contributed by atoms with Crippen LogP contribution in [-0.4, -0.2) is 72.3 Å². The van der Waals surface area contributed by atoms with Crippen LogP contribution in [0.1, 0.15) is 57.4 Å². The van der Waals surface area contributed by atoms with Gasteiger partial charge in [0.2, 0.25) is 0 Å². The Morgan fingerprint density at radius 3 is 2.37 bits per heavy atom. The van der Waals surface area contributed by atoms with Gasteiger partial charge in [-0.1, -0.05) is 42.5 Å². The second-order valence-corrected chi connectivity index (χ2v) is 13.9. The number of alkyl halides is 2. The molecule has 2 aliphatic heterocycles. The summed E-state index contributed by atoms with van der Waals surface area (Å²) in [5.74, 6) is -5.39. The molecule has 2 fully saturated rings. The number of hydrogen-bond donors (Lipinski definition) is 0. The predicted octanol–water partition coefficient (Wildman–Crippen LogP) is 5.54. The van der Waals surface area contributed by atoms with E-state index in [1.807, 2.05) is 6.07 Å². The molecule has 0 aliphatic carbocycles. The molecule has 3 heterocycles. The summed E-state index contributed by atoms with van der Waals surface area (Å²) < 4.78 is 71.0. The van der Waals surface area contributed by atoms with Gasteiger partial charge >= 0.3 is 0 Å². The first-order valence-electron chi connectivity index (χ1n) is 15.0. The number of aromatic nitrogens is 2. The smallest absolute Gasteiger partial charge is 0.273 e. The van der Waals surface area contributed by atoms with Crippen LogP contribution < -0.4 is 0 Å². The molecule has 1 unspecified atom stereocenters. The Labute approximate surface area is 265 Å². The molecule has 0 N–H and O–H groups in total. The van der Waals surface area contributed by atoms with Crippen LogP contribution in [0.15, 0.2) is 83.9 Å². The molecular formula is C34H32F3N5O3S. The highest BCUT2D eigenvalue weighted by Gasteiger charge is 2.50. The molecule has 2 aliphatic rings. The van der Waals surface area contributed by atoms with Crippen LogP contribution in [0.5, 0.6) is 0 Å². The number of rotatable bonds is 7. The number of hydrogen-bond acceptors (Lipinski definition) is 6. The van der Waals surface area contributed by atoms with Crippen molar-refractivity contribution in [3.05, 3.63) is 113 Å². The first-order chi connectivity index (χ1) is 22.0. The van der Waals surface area contributed by atoms with E-state index >= 15 is 8.78 Å². The number of sulfone groups is 1. The Kier molecular flexibility index (Phi) is 8.48. The van der Waals surface area contributed by atoms with Gasteiger partial charge in [-0.05, 0) is 67.4 Å². The monoisotopic (exact) mass is 647 g/mol. The van der Waals surface area contributed by atoms with Crippen LogP contribution >= 0.6 is 0 Å². The van der Waals surface area contributed by atoms with Gasteiger partial charge in [0.25, 0.3) is 11.8 Å². The molecular weight excluding hydrogens is 615 g/mol. The third-order valence-corrected chi connectivity index (χ3v) is 10.1. The summed E-state index contributed by atoms with van der Waals surface area (Å²) in [5.41, 5.74) is 2.45. The number of likely N-dealkylation sites (tertiary alicyclic amines) is 2.